The number of phosphoric acid groups is 1. The summed E-state index contributed by atoms with van der Waals surface area (Å²) in [6.45, 7) is 4.50. The number of carbonyl (C=O) groups excluding carboxylic acids is 1. The van der Waals surface area contributed by atoms with Crippen LogP contribution < -0.4 is 10.2 Å². The van der Waals surface area contributed by atoms with E-state index in [9.17, 15) is 19.4 Å². The maximum absolute atomic E-state index is 12.6. The lowest BCUT2D eigenvalue weighted by Crippen LogP contribution is -2.45. The third-order valence-corrected chi connectivity index (χ3v) is 8.04. The Kier molecular flexibility index (Phi) is 26.3. The molecule has 0 radical (unpaired) electrons. The van der Waals surface area contributed by atoms with Crippen molar-refractivity contribution < 1.29 is 32.9 Å². The molecule has 0 aliphatic heterocycles. The molecule has 252 valence electrons. The Morgan fingerprint density at radius 3 is 1.88 bits per heavy atom. The second-order valence-corrected chi connectivity index (χ2v) is 13.9. The number of phosphoric ester groups is 1. The number of unbranched alkanes of at least 4 members (excludes halogenated alkanes) is 12. The van der Waals surface area contributed by atoms with Gasteiger partial charge in [0.25, 0.3) is 7.82 Å². The average Bonchev–Trinajstić information content (AvgIpc) is 2.94. The van der Waals surface area contributed by atoms with Crippen molar-refractivity contribution >= 4 is 13.7 Å². The fraction of sp³-hybridized carbons (Fsp3) is 0.794. The molecule has 0 aromatic carbocycles. The minimum absolute atomic E-state index is 0.00906. The first kappa shape index (κ1) is 41.7. The molecule has 3 unspecified atom stereocenters. The van der Waals surface area contributed by atoms with E-state index in [0.717, 1.165) is 44.9 Å². The molecule has 0 aliphatic rings. The lowest BCUT2D eigenvalue weighted by atomic mass is 10.1. The molecule has 0 aromatic rings. The number of aliphatic hydroxyl groups excluding tert-OH is 1. The number of quaternary nitrogens is 1. The summed E-state index contributed by atoms with van der Waals surface area (Å²) < 4.78 is 22.9. The van der Waals surface area contributed by atoms with E-state index in [1.54, 1.807) is 6.08 Å². The first-order valence-corrected chi connectivity index (χ1v) is 18.3. The Bertz CT molecular complexity index is 809. The van der Waals surface area contributed by atoms with E-state index in [-0.39, 0.29) is 12.5 Å². The van der Waals surface area contributed by atoms with Crippen LogP contribution in [-0.4, -0.2) is 68.5 Å². The normalized spacial score (nSPS) is 15.4. The highest BCUT2D eigenvalue weighted by Gasteiger charge is 2.23. The Labute approximate surface area is 264 Å². The fourth-order valence-electron chi connectivity index (χ4n) is 4.30. The molecule has 0 saturated carbocycles. The van der Waals surface area contributed by atoms with Crippen LogP contribution in [0, 0.1) is 0 Å². The molecule has 0 heterocycles. The Balaban J connectivity index is 4.69. The molecular formula is C34H65N2O6P. The van der Waals surface area contributed by atoms with E-state index in [0.29, 0.717) is 17.4 Å². The predicted octanol–water partition coefficient (Wildman–Crippen LogP) is 7.38. The maximum Gasteiger partial charge on any atom is 0.268 e. The van der Waals surface area contributed by atoms with Crippen LogP contribution in [0.5, 0.6) is 0 Å². The summed E-state index contributed by atoms with van der Waals surface area (Å²) in [4.78, 5) is 24.9. The van der Waals surface area contributed by atoms with Crippen LogP contribution >= 0.6 is 7.82 Å². The summed E-state index contributed by atoms with van der Waals surface area (Å²) in [5, 5.41) is 13.6. The molecule has 1 amide bonds. The minimum Gasteiger partial charge on any atom is -0.756 e. The summed E-state index contributed by atoms with van der Waals surface area (Å²) in [5.41, 5.74) is 0. The fourth-order valence-corrected chi connectivity index (χ4v) is 5.02. The Hall–Kier alpha value is -1.28. The zero-order valence-electron chi connectivity index (χ0n) is 28.1. The first-order valence-electron chi connectivity index (χ1n) is 16.9. The van der Waals surface area contributed by atoms with Gasteiger partial charge >= 0.3 is 0 Å². The van der Waals surface area contributed by atoms with Gasteiger partial charge in [-0.2, -0.15) is 0 Å². The number of aliphatic hydroxyl groups is 1. The summed E-state index contributed by atoms with van der Waals surface area (Å²) >= 11 is 0. The molecule has 0 aromatic heterocycles. The number of carbonyl (C=O) groups is 1. The van der Waals surface area contributed by atoms with Crippen LogP contribution in [0.25, 0.3) is 0 Å². The first-order chi connectivity index (χ1) is 20.5. The van der Waals surface area contributed by atoms with Gasteiger partial charge in [0.05, 0.1) is 39.9 Å². The predicted molar refractivity (Wildman–Crippen MR) is 178 cm³/mol. The van der Waals surface area contributed by atoms with E-state index >= 15 is 0 Å². The molecule has 2 N–H and O–H groups in total. The standard InChI is InChI=1S/C34H65N2O6P/c1-6-8-10-12-14-15-16-17-18-19-20-22-23-25-27-33(37)32(31-42-43(39,40)41-30-29-36(3,4)5)35-34(38)28-26-24-21-13-11-9-7-2/h15-16,19-20,25,27,32-33,37H,6-14,17-18,21-24,26,28-31H2,1-5H3,(H-,35,38,39,40)/b16-15+,20-19+,27-25+. The van der Waals surface area contributed by atoms with Crippen LogP contribution in [0.15, 0.2) is 36.5 Å². The largest absolute Gasteiger partial charge is 0.756 e. The molecule has 3 atom stereocenters. The molecule has 9 heteroatoms. The minimum atomic E-state index is -4.58. The summed E-state index contributed by atoms with van der Waals surface area (Å²) in [6.07, 6.45) is 29.2. The van der Waals surface area contributed by atoms with E-state index in [1.165, 1.54) is 57.8 Å². The highest BCUT2D eigenvalue weighted by molar-refractivity contribution is 7.45. The highest BCUT2D eigenvalue weighted by atomic mass is 31.2. The highest BCUT2D eigenvalue weighted by Crippen LogP contribution is 2.38. The Morgan fingerprint density at radius 1 is 0.791 bits per heavy atom. The third kappa shape index (κ3) is 29.2. The van der Waals surface area contributed by atoms with Gasteiger partial charge in [-0.25, -0.2) is 0 Å². The van der Waals surface area contributed by atoms with Crippen molar-refractivity contribution in [3.63, 3.8) is 0 Å². The lowest BCUT2D eigenvalue weighted by molar-refractivity contribution is -0.870. The van der Waals surface area contributed by atoms with E-state index in [1.807, 2.05) is 27.2 Å². The summed E-state index contributed by atoms with van der Waals surface area (Å²) in [5.74, 6) is -0.223. The van der Waals surface area contributed by atoms with Gasteiger partial charge in [-0.3, -0.25) is 9.36 Å². The quantitative estimate of drug-likeness (QED) is 0.0387. The second kappa shape index (κ2) is 27.1. The number of hydrogen-bond donors (Lipinski definition) is 2. The number of allylic oxidation sites excluding steroid dienone is 5. The van der Waals surface area contributed by atoms with Gasteiger partial charge in [-0.1, -0.05) is 108 Å². The van der Waals surface area contributed by atoms with Crippen molar-refractivity contribution in [2.45, 2.75) is 135 Å². The van der Waals surface area contributed by atoms with Crippen molar-refractivity contribution in [2.75, 3.05) is 40.9 Å². The number of amides is 1. The van der Waals surface area contributed by atoms with Crippen molar-refractivity contribution in [1.82, 2.24) is 5.32 Å². The molecule has 8 nitrogen and oxygen atoms in total. The zero-order valence-corrected chi connectivity index (χ0v) is 29.0. The number of nitrogens with zero attached hydrogens (tertiary/aromatic N) is 1. The second-order valence-electron chi connectivity index (χ2n) is 12.5. The molecule has 0 bridgehead atoms. The molecule has 0 fully saturated rings. The molecule has 0 aliphatic carbocycles. The van der Waals surface area contributed by atoms with Crippen molar-refractivity contribution in [3.8, 4) is 0 Å². The van der Waals surface area contributed by atoms with Crippen molar-refractivity contribution in [2.24, 2.45) is 0 Å². The van der Waals surface area contributed by atoms with E-state index < -0.39 is 26.6 Å². The molecule has 0 saturated heterocycles. The van der Waals surface area contributed by atoms with Crippen molar-refractivity contribution in [3.05, 3.63) is 36.5 Å². The van der Waals surface area contributed by atoms with Crippen LogP contribution in [0.3, 0.4) is 0 Å². The van der Waals surface area contributed by atoms with Crippen LogP contribution in [0.4, 0.5) is 0 Å². The third-order valence-electron chi connectivity index (χ3n) is 7.08. The average molecular weight is 629 g/mol. The van der Waals surface area contributed by atoms with Gasteiger partial charge < -0.3 is 28.8 Å². The molecule has 43 heavy (non-hydrogen) atoms. The van der Waals surface area contributed by atoms with Gasteiger partial charge in [-0.15, -0.1) is 0 Å². The molecule has 0 rings (SSSR count). The number of nitrogens with one attached hydrogen (secondary N) is 1. The van der Waals surface area contributed by atoms with Gasteiger partial charge in [0.15, 0.2) is 0 Å². The molecule has 0 spiro atoms. The monoisotopic (exact) mass is 628 g/mol. The zero-order chi connectivity index (χ0) is 32.2. The van der Waals surface area contributed by atoms with Crippen LogP contribution in [-0.2, 0) is 18.4 Å². The van der Waals surface area contributed by atoms with Crippen LogP contribution in [0.2, 0.25) is 0 Å². The number of hydrogen-bond acceptors (Lipinski definition) is 6. The van der Waals surface area contributed by atoms with Crippen molar-refractivity contribution in [1.29, 1.82) is 0 Å². The van der Waals surface area contributed by atoms with E-state index in [4.69, 9.17) is 9.05 Å². The SMILES string of the molecule is CCCCCC/C=C/CC/C=C/CC/C=C/C(O)C(COP(=O)([O-])OCC[N+](C)(C)C)NC(=O)CCCCCCCCC. The van der Waals surface area contributed by atoms with Gasteiger partial charge in [0, 0.05) is 6.42 Å². The molecular weight excluding hydrogens is 563 g/mol. The Morgan fingerprint density at radius 2 is 1.30 bits per heavy atom. The lowest BCUT2D eigenvalue weighted by Gasteiger charge is -2.29. The van der Waals surface area contributed by atoms with E-state index in [2.05, 4.69) is 43.5 Å². The topological polar surface area (TPSA) is 108 Å². The van der Waals surface area contributed by atoms with Gasteiger partial charge in [-0.05, 0) is 44.9 Å². The number of rotatable bonds is 29. The van der Waals surface area contributed by atoms with Gasteiger partial charge in [0.1, 0.15) is 13.2 Å². The summed E-state index contributed by atoms with van der Waals surface area (Å²) in [6, 6.07) is -0.901. The maximum atomic E-state index is 12.6. The van der Waals surface area contributed by atoms with Gasteiger partial charge in [0.2, 0.25) is 5.91 Å². The van der Waals surface area contributed by atoms with Crippen LogP contribution in [0.1, 0.15) is 123 Å². The number of likely N-dealkylation sites (N-methyl/N-ethyl adjacent to an activating group) is 1. The summed E-state index contributed by atoms with van der Waals surface area (Å²) in [7, 11) is 1.23. The smallest absolute Gasteiger partial charge is 0.268 e.